The molecule has 0 atom stereocenters. The quantitative estimate of drug-likeness (QED) is 0.339. The fourth-order valence-corrected chi connectivity index (χ4v) is 5.16. The number of oxazole rings is 2. The molecule has 2 aliphatic rings. The number of rotatable bonds is 4. The van der Waals surface area contributed by atoms with E-state index in [0.29, 0.717) is 11.8 Å². The minimum atomic E-state index is 0.457. The molecular weight excluding hydrogens is 388 g/mol. The molecule has 0 aliphatic heterocycles. The smallest absolute Gasteiger partial charge is 0.198 e. The maximum atomic E-state index is 6.14. The van der Waals surface area contributed by atoms with Crippen molar-refractivity contribution in [1.29, 1.82) is 0 Å². The zero-order chi connectivity index (χ0) is 20.6. The van der Waals surface area contributed by atoms with Crippen molar-refractivity contribution in [3.63, 3.8) is 0 Å². The number of nitrogens with zero attached hydrogens (tertiary/aromatic N) is 2. The molecule has 5 heteroatoms. The lowest BCUT2D eigenvalue weighted by molar-refractivity contribution is 0.373. The van der Waals surface area contributed by atoms with Crippen LogP contribution in [-0.4, -0.2) is 9.97 Å². The second kappa shape index (κ2) is 8.03. The van der Waals surface area contributed by atoms with E-state index in [4.69, 9.17) is 23.5 Å². The van der Waals surface area contributed by atoms with Crippen LogP contribution in [0.1, 0.15) is 87.8 Å². The van der Waals surface area contributed by atoms with Crippen molar-refractivity contribution in [1.82, 2.24) is 9.97 Å². The van der Waals surface area contributed by atoms with E-state index in [2.05, 4.69) is 0 Å². The molecule has 0 N–H and O–H groups in total. The number of hydrogen-bond donors (Lipinski definition) is 0. The highest BCUT2D eigenvalue weighted by Gasteiger charge is 2.22. The van der Waals surface area contributed by atoms with Gasteiger partial charge < -0.3 is 13.6 Å². The fourth-order valence-electron chi connectivity index (χ4n) is 5.16. The molecule has 0 radical (unpaired) electrons. The zero-order valence-electron chi connectivity index (χ0n) is 17.8. The zero-order valence-corrected chi connectivity index (χ0v) is 17.8. The lowest BCUT2D eigenvalue weighted by Crippen LogP contribution is -2.04. The molecule has 2 aliphatic carbocycles. The summed E-state index contributed by atoms with van der Waals surface area (Å²) in [6, 6.07) is 11.7. The molecule has 2 fully saturated rings. The highest BCUT2D eigenvalue weighted by molar-refractivity contribution is 5.76. The molecule has 2 aromatic heterocycles. The summed E-state index contributed by atoms with van der Waals surface area (Å²) in [7, 11) is 0. The van der Waals surface area contributed by atoms with Gasteiger partial charge in [-0.1, -0.05) is 38.5 Å². The Morgan fingerprint density at radius 3 is 1.52 bits per heavy atom. The predicted octanol–water partition coefficient (Wildman–Crippen LogP) is 7.86. The highest BCUT2D eigenvalue weighted by Crippen LogP contribution is 2.36. The van der Waals surface area contributed by atoms with E-state index in [9.17, 15) is 0 Å². The summed E-state index contributed by atoms with van der Waals surface area (Å²) in [5.74, 6) is 4.19. The first-order chi connectivity index (χ1) is 15.3. The number of benzene rings is 2. The van der Waals surface area contributed by atoms with Gasteiger partial charge in [-0.15, -0.1) is 0 Å². The van der Waals surface area contributed by atoms with Crippen molar-refractivity contribution in [2.24, 2.45) is 0 Å². The molecule has 6 rings (SSSR count). The SMILES string of the molecule is c1cc2oc(C3CCCCC3)nc2cc1Oc1ccc2oc(C3CCCCC3)nc2c1. The third-order valence-corrected chi connectivity index (χ3v) is 6.90. The van der Waals surface area contributed by atoms with Crippen LogP contribution in [0.2, 0.25) is 0 Å². The summed E-state index contributed by atoms with van der Waals surface area (Å²) >= 11 is 0. The van der Waals surface area contributed by atoms with Gasteiger partial charge in [0.25, 0.3) is 0 Å². The summed E-state index contributed by atoms with van der Waals surface area (Å²) in [5.41, 5.74) is 3.38. The van der Waals surface area contributed by atoms with Crippen molar-refractivity contribution in [3.05, 3.63) is 48.2 Å². The minimum Gasteiger partial charge on any atom is -0.457 e. The Labute approximate surface area is 181 Å². The van der Waals surface area contributed by atoms with Gasteiger partial charge in [0.1, 0.15) is 22.5 Å². The summed E-state index contributed by atoms with van der Waals surface area (Å²) in [6.07, 6.45) is 12.4. The average molecular weight is 417 g/mol. The van der Waals surface area contributed by atoms with Gasteiger partial charge in [0.05, 0.1) is 0 Å². The van der Waals surface area contributed by atoms with Crippen LogP contribution < -0.4 is 4.74 Å². The van der Waals surface area contributed by atoms with E-state index < -0.39 is 0 Å². The molecular formula is C26H28N2O3. The Hall–Kier alpha value is -2.82. The topological polar surface area (TPSA) is 61.3 Å². The number of fused-ring (bicyclic) bond motifs is 2. The third kappa shape index (κ3) is 3.82. The standard InChI is InChI=1S/C26H28N2O3/c1-3-7-17(8-4-1)25-27-21-15-19(11-13-23(21)30-25)29-20-12-14-24-22(16-20)28-26(31-24)18-9-5-2-6-10-18/h11-18H,1-10H2. The van der Waals surface area contributed by atoms with Crippen LogP contribution in [0.3, 0.4) is 0 Å². The molecule has 4 aromatic rings. The predicted molar refractivity (Wildman–Crippen MR) is 120 cm³/mol. The van der Waals surface area contributed by atoms with Gasteiger partial charge in [0, 0.05) is 24.0 Å². The van der Waals surface area contributed by atoms with Gasteiger partial charge in [-0.2, -0.15) is 0 Å². The number of aromatic nitrogens is 2. The summed E-state index contributed by atoms with van der Waals surface area (Å²) < 4.78 is 18.2. The molecule has 0 amide bonds. The second-order valence-electron chi connectivity index (χ2n) is 9.14. The average Bonchev–Trinajstić information content (AvgIpc) is 3.44. The van der Waals surface area contributed by atoms with Crippen molar-refractivity contribution >= 4 is 22.2 Å². The van der Waals surface area contributed by atoms with Crippen LogP contribution in [-0.2, 0) is 0 Å². The normalized spacial score (nSPS) is 18.7. The van der Waals surface area contributed by atoms with E-state index in [1.54, 1.807) is 0 Å². The van der Waals surface area contributed by atoms with E-state index in [1.165, 1.54) is 64.2 Å². The second-order valence-corrected chi connectivity index (χ2v) is 9.14. The first kappa shape index (κ1) is 18.9. The van der Waals surface area contributed by atoms with Crippen LogP contribution >= 0.6 is 0 Å². The Morgan fingerprint density at radius 1 is 0.613 bits per heavy atom. The van der Waals surface area contributed by atoms with E-state index in [0.717, 1.165) is 45.5 Å². The number of ether oxygens (including phenoxy) is 1. The van der Waals surface area contributed by atoms with Crippen LogP contribution in [0, 0.1) is 0 Å². The molecule has 0 bridgehead atoms. The van der Waals surface area contributed by atoms with E-state index >= 15 is 0 Å². The number of hydrogen-bond acceptors (Lipinski definition) is 5. The van der Waals surface area contributed by atoms with Crippen LogP contribution in [0.5, 0.6) is 11.5 Å². The Kier molecular flexibility index (Phi) is 4.90. The van der Waals surface area contributed by atoms with Gasteiger partial charge in [-0.25, -0.2) is 9.97 Å². The van der Waals surface area contributed by atoms with Gasteiger partial charge in [-0.05, 0) is 49.9 Å². The maximum absolute atomic E-state index is 6.14. The maximum Gasteiger partial charge on any atom is 0.198 e. The van der Waals surface area contributed by atoms with Crippen molar-refractivity contribution in [3.8, 4) is 11.5 Å². The summed E-state index contributed by atoms with van der Waals surface area (Å²) in [6.45, 7) is 0. The van der Waals surface area contributed by atoms with Gasteiger partial charge in [-0.3, -0.25) is 0 Å². The Balaban J connectivity index is 1.23. The van der Waals surface area contributed by atoms with Crippen LogP contribution in [0.15, 0.2) is 45.2 Å². The van der Waals surface area contributed by atoms with Crippen LogP contribution in [0.4, 0.5) is 0 Å². The molecule has 0 spiro atoms. The van der Waals surface area contributed by atoms with E-state index in [-0.39, 0.29) is 0 Å². The highest BCUT2D eigenvalue weighted by atomic mass is 16.5. The molecule has 0 saturated heterocycles. The molecule has 2 heterocycles. The molecule has 2 aromatic carbocycles. The van der Waals surface area contributed by atoms with Gasteiger partial charge in [0.2, 0.25) is 0 Å². The van der Waals surface area contributed by atoms with E-state index in [1.807, 2.05) is 36.4 Å². The summed E-state index contributed by atoms with van der Waals surface area (Å²) in [4.78, 5) is 9.54. The van der Waals surface area contributed by atoms with Crippen molar-refractivity contribution in [2.45, 2.75) is 76.0 Å². The molecule has 0 unspecified atom stereocenters. The largest absolute Gasteiger partial charge is 0.457 e. The van der Waals surface area contributed by atoms with Crippen molar-refractivity contribution < 1.29 is 13.6 Å². The Bertz CT molecular complexity index is 1100. The van der Waals surface area contributed by atoms with Gasteiger partial charge in [0.15, 0.2) is 22.9 Å². The first-order valence-corrected chi connectivity index (χ1v) is 11.8. The lowest BCUT2D eigenvalue weighted by Gasteiger charge is -2.17. The molecule has 5 nitrogen and oxygen atoms in total. The molecule has 2 saturated carbocycles. The lowest BCUT2D eigenvalue weighted by atomic mass is 9.89. The van der Waals surface area contributed by atoms with Gasteiger partial charge >= 0.3 is 0 Å². The summed E-state index contributed by atoms with van der Waals surface area (Å²) in [5, 5.41) is 0. The first-order valence-electron chi connectivity index (χ1n) is 11.8. The minimum absolute atomic E-state index is 0.457. The van der Waals surface area contributed by atoms with Crippen molar-refractivity contribution in [2.75, 3.05) is 0 Å². The monoisotopic (exact) mass is 416 g/mol. The third-order valence-electron chi connectivity index (χ3n) is 6.90. The van der Waals surface area contributed by atoms with Crippen LogP contribution in [0.25, 0.3) is 22.2 Å². The molecule has 31 heavy (non-hydrogen) atoms. The fraction of sp³-hybridized carbons (Fsp3) is 0.462. The Morgan fingerprint density at radius 2 is 1.06 bits per heavy atom. The molecule has 160 valence electrons.